The average Bonchev–Trinajstić information content (AvgIpc) is 2.32. The number of aliphatic hydroxyl groups excluding tert-OH is 1. The Morgan fingerprint density at radius 2 is 2.45 bits per heavy atom. The molecule has 0 radical (unpaired) electrons. The Kier molecular flexibility index (Phi) is 3.54. The van der Waals surface area contributed by atoms with Crippen molar-refractivity contribution in [2.24, 2.45) is 0 Å². The van der Waals surface area contributed by atoms with Gasteiger partial charge in [0, 0.05) is 13.5 Å². The van der Waals surface area contributed by atoms with Gasteiger partial charge in [0.05, 0.1) is 24.6 Å². The maximum atomic E-state index is 9.24. The van der Waals surface area contributed by atoms with E-state index in [4.69, 9.17) is 21.3 Å². The lowest BCUT2D eigenvalue weighted by atomic mass is 10.2. The summed E-state index contributed by atoms with van der Waals surface area (Å²) in [6, 6.07) is 0. The predicted molar refractivity (Wildman–Crippen MR) is 38.1 cm³/mol. The fourth-order valence-corrected chi connectivity index (χ4v) is 1.25. The number of ether oxygens (including phenoxy) is 2. The van der Waals surface area contributed by atoms with E-state index in [0.29, 0.717) is 6.42 Å². The standard InChI is InChI=1S/C6H11ClO4/c1-9-6-5(8)2-4(11-6)3-10-7/h4-6,8H,2-3H2,1H3/t4-,5+,6?/m0/s1. The van der Waals surface area contributed by atoms with Gasteiger partial charge >= 0.3 is 0 Å². The smallest absolute Gasteiger partial charge is 0.183 e. The molecule has 1 N–H and O–H groups in total. The van der Waals surface area contributed by atoms with Gasteiger partial charge in [0.25, 0.3) is 0 Å². The van der Waals surface area contributed by atoms with E-state index < -0.39 is 12.4 Å². The Labute approximate surface area is 70.2 Å². The van der Waals surface area contributed by atoms with Crippen LogP contribution in [-0.4, -0.2) is 37.3 Å². The summed E-state index contributed by atoms with van der Waals surface area (Å²) in [5, 5.41) is 9.24. The van der Waals surface area contributed by atoms with Crippen LogP contribution in [0.15, 0.2) is 0 Å². The van der Waals surface area contributed by atoms with Crippen molar-refractivity contribution in [2.45, 2.75) is 24.9 Å². The normalized spacial score (nSPS) is 37.9. The number of hydrogen-bond donors (Lipinski definition) is 1. The molecule has 0 bridgehead atoms. The Morgan fingerprint density at radius 1 is 1.73 bits per heavy atom. The van der Waals surface area contributed by atoms with Crippen molar-refractivity contribution in [3.8, 4) is 0 Å². The molecule has 0 aromatic carbocycles. The lowest BCUT2D eigenvalue weighted by molar-refractivity contribution is -0.151. The molecule has 1 unspecified atom stereocenters. The molecular formula is C6H11ClO4. The van der Waals surface area contributed by atoms with Crippen LogP contribution in [-0.2, 0) is 13.8 Å². The molecule has 0 saturated carbocycles. The maximum absolute atomic E-state index is 9.24. The highest BCUT2D eigenvalue weighted by Gasteiger charge is 2.33. The van der Waals surface area contributed by atoms with E-state index in [9.17, 15) is 5.11 Å². The zero-order valence-corrected chi connectivity index (χ0v) is 6.95. The molecule has 1 aliphatic heterocycles. The van der Waals surface area contributed by atoms with Gasteiger partial charge in [0.1, 0.15) is 6.10 Å². The summed E-state index contributed by atoms with van der Waals surface area (Å²) in [6.45, 7) is 0.276. The van der Waals surface area contributed by atoms with Gasteiger partial charge in [0.2, 0.25) is 0 Å². The van der Waals surface area contributed by atoms with Crippen LogP contribution in [0, 0.1) is 0 Å². The van der Waals surface area contributed by atoms with Gasteiger partial charge in [-0.3, -0.25) is 4.29 Å². The molecular weight excluding hydrogens is 172 g/mol. The Morgan fingerprint density at radius 3 is 2.91 bits per heavy atom. The zero-order chi connectivity index (χ0) is 8.27. The van der Waals surface area contributed by atoms with Gasteiger partial charge < -0.3 is 14.6 Å². The molecule has 1 fully saturated rings. The van der Waals surface area contributed by atoms with Crippen LogP contribution in [0.5, 0.6) is 0 Å². The van der Waals surface area contributed by atoms with Crippen molar-refractivity contribution in [3.05, 3.63) is 0 Å². The van der Waals surface area contributed by atoms with E-state index in [1.165, 1.54) is 7.11 Å². The van der Waals surface area contributed by atoms with Gasteiger partial charge in [0.15, 0.2) is 6.29 Å². The molecule has 3 atom stereocenters. The molecule has 5 heteroatoms. The molecule has 1 heterocycles. The first-order valence-electron chi connectivity index (χ1n) is 3.37. The van der Waals surface area contributed by atoms with E-state index in [1.54, 1.807) is 0 Å². The zero-order valence-electron chi connectivity index (χ0n) is 6.20. The van der Waals surface area contributed by atoms with Crippen LogP contribution in [0.4, 0.5) is 0 Å². The van der Waals surface area contributed by atoms with Crippen LogP contribution in [0.25, 0.3) is 0 Å². The van der Waals surface area contributed by atoms with Gasteiger partial charge in [-0.25, -0.2) is 0 Å². The molecule has 1 rings (SSSR count). The van der Waals surface area contributed by atoms with Crippen molar-refractivity contribution in [1.82, 2.24) is 0 Å². The van der Waals surface area contributed by atoms with E-state index in [1.807, 2.05) is 0 Å². The molecule has 1 aliphatic rings. The third kappa shape index (κ3) is 2.28. The second-order valence-corrected chi connectivity index (χ2v) is 2.66. The number of hydrogen-bond acceptors (Lipinski definition) is 4. The summed E-state index contributed by atoms with van der Waals surface area (Å²) >= 11 is 5.02. The predicted octanol–water partition coefficient (Wildman–Crippen LogP) is 0.279. The molecule has 66 valence electrons. The summed E-state index contributed by atoms with van der Waals surface area (Å²) in [4.78, 5) is 0. The molecule has 1 saturated heterocycles. The highest BCUT2D eigenvalue weighted by molar-refractivity contribution is 6.07. The first-order chi connectivity index (χ1) is 5.27. The first-order valence-corrected chi connectivity index (χ1v) is 3.68. The number of methoxy groups -OCH3 is 1. The third-order valence-electron chi connectivity index (χ3n) is 1.63. The highest BCUT2D eigenvalue weighted by Crippen LogP contribution is 2.21. The van der Waals surface area contributed by atoms with Crippen LogP contribution < -0.4 is 0 Å². The number of rotatable bonds is 3. The average molecular weight is 183 g/mol. The van der Waals surface area contributed by atoms with Crippen LogP contribution in [0.1, 0.15) is 6.42 Å². The van der Waals surface area contributed by atoms with Gasteiger partial charge in [-0.2, -0.15) is 0 Å². The second kappa shape index (κ2) is 4.23. The van der Waals surface area contributed by atoms with Crippen LogP contribution in [0.2, 0.25) is 0 Å². The van der Waals surface area contributed by atoms with Crippen molar-refractivity contribution in [1.29, 1.82) is 0 Å². The lowest BCUT2D eigenvalue weighted by Gasteiger charge is -2.11. The molecule has 0 aliphatic carbocycles. The Bertz CT molecular complexity index is 121. The minimum Gasteiger partial charge on any atom is -0.388 e. The number of aliphatic hydroxyl groups is 1. The van der Waals surface area contributed by atoms with Crippen LogP contribution in [0.3, 0.4) is 0 Å². The van der Waals surface area contributed by atoms with Gasteiger partial charge in [-0.05, 0) is 0 Å². The topological polar surface area (TPSA) is 47.9 Å². The Hall–Kier alpha value is 0.130. The maximum Gasteiger partial charge on any atom is 0.183 e. The van der Waals surface area contributed by atoms with E-state index >= 15 is 0 Å². The summed E-state index contributed by atoms with van der Waals surface area (Å²) < 4.78 is 14.4. The van der Waals surface area contributed by atoms with E-state index in [-0.39, 0.29) is 12.7 Å². The van der Waals surface area contributed by atoms with Crippen LogP contribution >= 0.6 is 11.9 Å². The second-order valence-electron chi connectivity index (χ2n) is 2.44. The molecule has 0 amide bonds. The molecule has 0 aromatic heterocycles. The monoisotopic (exact) mass is 182 g/mol. The minimum absolute atomic E-state index is 0.160. The summed E-state index contributed by atoms with van der Waals surface area (Å²) in [6.07, 6.45) is -0.762. The summed E-state index contributed by atoms with van der Waals surface area (Å²) in [7, 11) is 1.48. The SMILES string of the molecule is COC1O[C@H](COCl)C[C@H]1O. The lowest BCUT2D eigenvalue weighted by Crippen LogP contribution is -2.22. The van der Waals surface area contributed by atoms with Crippen molar-refractivity contribution in [3.63, 3.8) is 0 Å². The molecule has 4 nitrogen and oxygen atoms in total. The fourth-order valence-electron chi connectivity index (χ4n) is 1.11. The third-order valence-corrected chi connectivity index (χ3v) is 1.75. The van der Waals surface area contributed by atoms with Crippen molar-refractivity contribution < 1.29 is 18.9 Å². The highest BCUT2D eigenvalue weighted by atomic mass is 35.5. The summed E-state index contributed by atoms with van der Waals surface area (Å²) in [5.41, 5.74) is 0. The Balaban J connectivity index is 2.30. The van der Waals surface area contributed by atoms with E-state index in [2.05, 4.69) is 4.29 Å². The summed E-state index contributed by atoms with van der Waals surface area (Å²) in [5.74, 6) is 0. The molecule has 11 heavy (non-hydrogen) atoms. The first kappa shape index (κ1) is 9.22. The van der Waals surface area contributed by atoms with Crippen molar-refractivity contribution in [2.75, 3.05) is 13.7 Å². The largest absolute Gasteiger partial charge is 0.388 e. The van der Waals surface area contributed by atoms with E-state index in [0.717, 1.165) is 0 Å². The fraction of sp³-hybridized carbons (Fsp3) is 1.00. The van der Waals surface area contributed by atoms with Gasteiger partial charge in [-0.15, -0.1) is 0 Å². The van der Waals surface area contributed by atoms with Crippen molar-refractivity contribution >= 4 is 11.9 Å². The number of halogens is 1. The quantitative estimate of drug-likeness (QED) is 0.681. The molecule has 0 aromatic rings. The molecule has 0 spiro atoms. The van der Waals surface area contributed by atoms with Gasteiger partial charge in [-0.1, -0.05) is 0 Å². The minimum atomic E-state index is -0.572.